The number of rotatable bonds is 0. The van der Waals surface area contributed by atoms with Gasteiger partial charge < -0.3 is 0 Å². The first kappa shape index (κ1) is 6.39. The normalized spacial score (nSPS) is 28.3. The largest absolute Gasteiger partial charge is 0.236 e. The quantitative estimate of drug-likeness (QED) is 0.475. The van der Waals surface area contributed by atoms with Crippen LogP contribution < -0.4 is 0 Å². The summed E-state index contributed by atoms with van der Waals surface area (Å²) in [5, 5.41) is 0. The summed E-state index contributed by atoms with van der Waals surface area (Å²) < 4.78 is 36.1. The molecule has 0 fully saturated rings. The number of allylic oxidation sites excluding steroid dienone is 4. The molecule has 3 heteroatoms. The van der Waals surface area contributed by atoms with Gasteiger partial charge in [0.15, 0.2) is 6.17 Å². The molecule has 0 heterocycles. The van der Waals surface area contributed by atoms with Crippen LogP contribution in [-0.2, 0) is 0 Å². The van der Waals surface area contributed by atoms with Crippen molar-refractivity contribution in [3.05, 3.63) is 30.2 Å². The van der Waals surface area contributed by atoms with E-state index in [1.807, 2.05) is 0 Å². The number of halogens is 3. The van der Waals surface area contributed by atoms with E-state index in [4.69, 9.17) is 0 Å². The van der Waals surface area contributed by atoms with Crippen LogP contribution in [0.1, 0.15) is 0 Å². The van der Waals surface area contributed by atoms with E-state index in [1.165, 1.54) is 0 Å². The second kappa shape index (κ2) is 2.25. The average Bonchev–Trinajstić information content (AvgIpc) is 1.83. The Labute approximate surface area is 50.7 Å². The summed E-state index contributed by atoms with van der Waals surface area (Å²) >= 11 is 0. The van der Waals surface area contributed by atoms with Crippen LogP contribution >= 0.6 is 0 Å². The van der Waals surface area contributed by atoms with Gasteiger partial charge in [0.25, 0.3) is 0 Å². The van der Waals surface area contributed by atoms with Gasteiger partial charge >= 0.3 is 0 Å². The van der Waals surface area contributed by atoms with Crippen molar-refractivity contribution in [1.29, 1.82) is 0 Å². The number of hydrogen-bond donors (Lipinski definition) is 0. The molecule has 0 aromatic carbocycles. The number of hydrogen-bond acceptors (Lipinski definition) is 0. The van der Waals surface area contributed by atoms with Crippen LogP contribution in [0, 0.1) is 6.17 Å². The minimum Gasteiger partial charge on any atom is -0.236 e. The zero-order chi connectivity index (χ0) is 6.85. The highest BCUT2D eigenvalue weighted by Crippen LogP contribution is 2.25. The molecule has 0 N–H and O–H groups in total. The topological polar surface area (TPSA) is 0 Å². The summed E-state index contributed by atoms with van der Waals surface area (Å²) in [5.74, 6) is -1.07. The molecular formula is C6H4F3. The molecule has 9 heavy (non-hydrogen) atoms. The molecule has 0 saturated carbocycles. The van der Waals surface area contributed by atoms with Crippen molar-refractivity contribution in [3.8, 4) is 0 Å². The molecule has 0 bridgehead atoms. The van der Waals surface area contributed by atoms with Crippen LogP contribution in [-0.4, -0.2) is 6.17 Å². The molecule has 1 radical (unpaired) electrons. The fourth-order valence-corrected chi connectivity index (χ4v) is 0.533. The summed E-state index contributed by atoms with van der Waals surface area (Å²) in [6.07, 6.45) is -0.326. The first-order valence-corrected chi connectivity index (χ1v) is 2.42. The van der Waals surface area contributed by atoms with E-state index in [2.05, 4.69) is 0 Å². The first-order chi connectivity index (χ1) is 4.22. The van der Waals surface area contributed by atoms with Crippen LogP contribution in [0.15, 0.2) is 24.1 Å². The third-order valence-corrected chi connectivity index (χ3v) is 0.995. The molecule has 0 aromatic rings. The van der Waals surface area contributed by atoms with Gasteiger partial charge in [0.2, 0.25) is 6.17 Å². The second-order valence-corrected chi connectivity index (χ2v) is 1.66. The molecule has 0 aliphatic heterocycles. The van der Waals surface area contributed by atoms with Crippen molar-refractivity contribution in [2.75, 3.05) is 0 Å². The Morgan fingerprint density at radius 3 is 2.44 bits per heavy atom. The molecule has 0 amide bonds. The third kappa shape index (κ3) is 1.15. The molecule has 1 atom stereocenters. The predicted molar refractivity (Wildman–Crippen MR) is 27.6 cm³/mol. The highest BCUT2D eigenvalue weighted by Gasteiger charge is 2.25. The highest BCUT2D eigenvalue weighted by atomic mass is 19.2. The van der Waals surface area contributed by atoms with Crippen LogP contribution in [0.25, 0.3) is 0 Å². The molecule has 1 rings (SSSR count). The van der Waals surface area contributed by atoms with E-state index in [1.54, 1.807) is 0 Å². The smallest absolute Gasteiger partial charge is 0.207 e. The molecule has 49 valence electrons. The van der Waals surface area contributed by atoms with E-state index in [9.17, 15) is 13.2 Å². The van der Waals surface area contributed by atoms with Gasteiger partial charge in [-0.15, -0.1) is 0 Å². The molecule has 0 aromatic heterocycles. The molecular weight excluding hydrogens is 129 g/mol. The van der Waals surface area contributed by atoms with E-state index < -0.39 is 18.2 Å². The Balaban J connectivity index is 2.73. The summed E-state index contributed by atoms with van der Waals surface area (Å²) in [6, 6.07) is 0. The van der Waals surface area contributed by atoms with Gasteiger partial charge in [0.05, 0.1) is 0 Å². The van der Waals surface area contributed by atoms with Crippen LogP contribution in [0.5, 0.6) is 0 Å². The van der Waals surface area contributed by atoms with Crippen molar-refractivity contribution < 1.29 is 13.2 Å². The fraction of sp³-hybridized carbons (Fsp3) is 0.167. The molecule has 0 nitrogen and oxygen atoms in total. The predicted octanol–water partition coefficient (Wildman–Crippen LogP) is 2.25. The Kier molecular flexibility index (Phi) is 1.60. The van der Waals surface area contributed by atoms with E-state index >= 15 is 0 Å². The van der Waals surface area contributed by atoms with Crippen molar-refractivity contribution in [2.45, 2.75) is 6.17 Å². The van der Waals surface area contributed by atoms with Crippen LogP contribution in [0.3, 0.4) is 0 Å². The zero-order valence-corrected chi connectivity index (χ0v) is 4.44. The summed E-state index contributed by atoms with van der Waals surface area (Å²) in [6.45, 7) is 0. The second-order valence-electron chi connectivity index (χ2n) is 1.66. The van der Waals surface area contributed by atoms with Crippen molar-refractivity contribution in [2.24, 2.45) is 0 Å². The van der Waals surface area contributed by atoms with Gasteiger partial charge in [-0.25, -0.2) is 13.2 Å². The van der Waals surface area contributed by atoms with Gasteiger partial charge in [-0.05, 0) is 12.2 Å². The lowest BCUT2D eigenvalue weighted by molar-refractivity contribution is 0.279. The summed E-state index contributed by atoms with van der Waals surface area (Å²) in [5.41, 5.74) is 0. The maximum atomic E-state index is 12.1. The summed E-state index contributed by atoms with van der Waals surface area (Å²) in [4.78, 5) is 0. The standard InChI is InChI=1S/C6H4F3/c7-4-2-1-3-5(8)6(4)9/h1-3,6H. The molecule has 0 saturated heterocycles. The van der Waals surface area contributed by atoms with Gasteiger partial charge in [-0.2, -0.15) is 0 Å². The van der Waals surface area contributed by atoms with E-state index in [0.717, 1.165) is 18.2 Å². The lowest BCUT2D eigenvalue weighted by Crippen LogP contribution is -2.09. The fourth-order valence-electron chi connectivity index (χ4n) is 0.533. The van der Waals surface area contributed by atoms with Crippen molar-refractivity contribution in [1.82, 2.24) is 0 Å². The number of alkyl halides is 1. The highest BCUT2D eigenvalue weighted by molar-refractivity contribution is 5.28. The molecule has 1 aliphatic carbocycles. The third-order valence-electron chi connectivity index (χ3n) is 0.995. The van der Waals surface area contributed by atoms with Gasteiger partial charge in [0.1, 0.15) is 5.83 Å². The minimum absolute atomic E-state index is 0.897. The SMILES string of the molecule is F[C]1C=CC=C(F)C1F. The average molecular weight is 133 g/mol. The Hall–Kier alpha value is -0.730. The molecule has 0 spiro atoms. The maximum absolute atomic E-state index is 12.1. The van der Waals surface area contributed by atoms with E-state index in [-0.39, 0.29) is 0 Å². The lowest BCUT2D eigenvalue weighted by Gasteiger charge is -2.08. The first-order valence-electron chi connectivity index (χ1n) is 2.42. The Morgan fingerprint density at radius 1 is 1.33 bits per heavy atom. The summed E-state index contributed by atoms with van der Waals surface area (Å²) in [7, 11) is 0. The monoisotopic (exact) mass is 133 g/mol. The zero-order valence-electron chi connectivity index (χ0n) is 4.44. The van der Waals surface area contributed by atoms with E-state index in [0.29, 0.717) is 0 Å². The van der Waals surface area contributed by atoms with Crippen molar-refractivity contribution >= 4 is 0 Å². The van der Waals surface area contributed by atoms with Gasteiger partial charge in [-0.3, -0.25) is 0 Å². The van der Waals surface area contributed by atoms with Crippen LogP contribution in [0.4, 0.5) is 13.2 Å². The minimum atomic E-state index is -2.17. The Bertz CT molecular complexity index is 160. The van der Waals surface area contributed by atoms with Gasteiger partial charge in [-0.1, -0.05) is 6.08 Å². The van der Waals surface area contributed by atoms with Crippen LogP contribution in [0.2, 0.25) is 0 Å². The molecule has 1 aliphatic rings. The van der Waals surface area contributed by atoms with Crippen molar-refractivity contribution in [3.63, 3.8) is 0 Å². The lowest BCUT2D eigenvalue weighted by atomic mass is 10.1. The van der Waals surface area contributed by atoms with Gasteiger partial charge in [0, 0.05) is 0 Å². The molecule has 1 unspecified atom stereocenters. The Morgan fingerprint density at radius 2 is 2.00 bits per heavy atom. The maximum Gasteiger partial charge on any atom is 0.207 e.